The van der Waals surface area contributed by atoms with Gasteiger partial charge in [-0.2, -0.15) is 0 Å². The number of likely N-dealkylation sites (tertiary alicyclic amines) is 1. The van der Waals surface area contributed by atoms with Crippen molar-refractivity contribution in [3.05, 3.63) is 29.8 Å². The molecule has 1 aromatic rings. The first-order chi connectivity index (χ1) is 12.7. The molecule has 3 rings (SSSR count). The molecule has 160 valence electrons. The lowest BCUT2D eigenvalue weighted by Gasteiger charge is -2.35. The van der Waals surface area contributed by atoms with Crippen molar-refractivity contribution >= 4 is 30.7 Å². The summed E-state index contributed by atoms with van der Waals surface area (Å²) in [5, 5.41) is 3.25. The molecule has 1 heterocycles. The zero-order valence-electron chi connectivity index (χ0n) is 16.8. The first-order valence-corrected chi connectivity index (χ1v) is 10.1. The lowest BCUT2D eigenvalue weighted by molar-refractivity contribution is -0.126. The van der Waals surface area contributed by atoms with Crippen LogP contribution in [-0.4, -0.2) is 44.1 Å². The summed E-state index contributed by atoms with van der Waals surface area (Å²) in [5.41, 5.74) is 7.10. The zero-order valence-corrected chi connectivity index (χ0v) is 18.4. The van der Waals surface area contributed by atoms with Crippen LogP contribution in [0.25, 0.3) is 0 Å². The van der Waals surface area contributed by atoms with E-state index in [4.69, 9.17) is 10.5 Å². The topological polar surface area (TPSA) is 67.6 Å². The second-order valence-electron chi connectivity index (χ2n) is 7.66. The van der Waals surface area contributed by atoms with Crippen molar-refractivity contribution in [1.29, 1.82) is 0 Å². The highest BCUT2D eigenvalue weighted by Gasteiger charge is 2.32. The van der Waals surface area contributed by atoms with E-state index in [2.05, 4.69) is 22.3 Å². The van der Waals surface area contributed by atoms with Crippen LogP contribution in [0.5, 0.6) is 5.75 Å². The molecule has 1 aliphatic carbocycles. The van der Waals surface area contributed by atoms with Gasteiger partial charge in [-0.3, -0.25) is 9.69 Å². The van der Waals surface area contributed by atoms with Crippen molar-refractivity contribution in [3.63, 3.8) is 0 Å². The Morgan fingerprint density at radius 3 is 2.43 bits per heavy atom. The zero-order chi connectivity index (χ0) is 18.4. The normalized spacial score (nSPS) is 23.2. The van der Waals surface area contributed by atoms with Gasteiger partial charge in [0.05, 0.1) is 13.2 Å². The Kier molecular flexibility index (Phi) is 11.2. The molecule has 3 atom stereocenters. The van der Waals surface area contributed by atoms with Crippen LogP contribution in [-0.2, 0) is 4.79 Å². The molecule has 0 spiro atoms. The molecule has 1 aromatic carbocycles. The van der Waals surface area contributed by atoms with Crippen LogP contribution in [0.3, 0.4) is 0 Å². The first-order valence-electron chi connectivity index (χ1n) is 10.1. The quantitative estimate of drug-likeness (QED) is 0.692. The predicted octanol–water partition coefficient (Wildman–Crippen LogP) is 3.56. The van der Waals surface area contributed by atoms with Crippen LogP contribution in [0.15, 0.2) is 24.3 Å². The van der Waals surface area contributed by atoms with Gasteiger partial charge in [-0.1, -0.05) is 25.0 Å². The lowest BCUT2D eigenvalue weighted by Crippen LogP contribution is -2.43. The minimum atomic E-state index is 0. The lowest BCUT2D eigenvalue weighted by atomic mass is 9.95. The van der Waals surface area contributed by atoms with E-state index >= 15 is 0 Å². The van der Waals surface area contributed by atoms with Crippen LogP contribution in [0, 0.1) is 11.8 Å². The molecule has 1 amide bonds. The Bertz CT molecular complexity index is 580. The first kappa shape index (κ1) is 25.0. The van der Waals surface area contributed by atoms with E-state index in [1.807, 2.05) is 12.1 Å². The fraction of sp³-hybridized carbons (Fsp3) is 0.667. The van der Waals surface area contributed by atoms with E-state index in [0.717, 1.165) is 38.1 Å². The number of hydrogen-bond donors (Lipinski definition) is 2. The average molecular weight is 432 g/mol. The van der Waals surface area contributed by atoms with Gasteiger partial charge >= 0.3 is 0 Å². The maximum absolute atomic E-state index is 12.7. The number of hydrogen-bond acceptors (Lipinski definition) is 4. The molecule has 0 radical (unpaired) electrons. The fourth-order valence-electron chi connectivity index (χ4n) is 4.51. The van der Waals surface area contributed by atoms with Crippen LogP contribution in [0.2, 0.25) is 0 Å². The van der Waals surface area contributed by atoms with Crippen LogP contribution in [0.1, 0.15) is 50.1 Å². The Labute approximate surface area is 181 Å². The van der Waals surface area contributed by atoms with Gasteiger partial charge in [0.2, 0.25) is 5.91 Å². The second kappa shape index (κ2) is 12.5. The number of nitrogens with two attached hydrogens (primary N) is 1. The number of amides is 1. The third kappa shape index (κ3) is 6.24. The average Bonchev–Trinajstić information content (AvgIpc) is 3.18. The molecule has 2 fully saturated rings. The number of ether oxygens (including phenoxy) is 1. The number of carbonyl (C=O) groups is 1. The number of rotatable bonds is 7. The van der Waals surface area contributed by atoms with E-state index < -0.39 is 0 Å². The van der Waals surface area contributed by atoms with Gasteiger partial charge in [0.15, 0.2) is 0 Å². The minimum absolute atomic E-state index is 0. The van der Waals surface area contributed by atoms with Gasteiger partial charge in [-0.05, 0) is 68.9 Å². The van der Waals surface area contributed by atoms with Gasteiger partial charge in [0.1, 0.15) is 5.75 Å². The van der Waals surface area contributed by atoms with Crippen LogP contribution < -0.4 is 15.8 Å². The van der Waals surface area contributed by atoms with E-state index in [1.54, 1.807) is 7.11 Å². The number of halogens is 2. The fourth-order valence-corrected chi connectivity index (χ4v) is 4.51. The molecule has 28 heavy (non-hydrogen) atoms. The Hall–Kier alpha value is -1.01. The second-order valence-corrected chi connectivity index (χ2v) is 7.66. The summed E-state index contributed by atoms with van der Waals surface area (Å²) < 4.78 is 5.29. The largest absolute Gasteiger partial charge is 0.497 e. The minimum Gasteiger partial charge on any atom is -0.497 e. The van der Waals surface area contributed by atoms with E-state index in [9.17, 15) is 4.79 Å². The third-order valence-corrected chi connectivity index (χ3v) is 6.10. The number of piperidine rings is 1. The molecular formula is C21H35Cl2N3O2. The van der Waals surface area contributed by atoms with Gasteiger partial charge < -0.3 is 15.8 Å². The van der Waals surface area contributed by atoms with Gasteiger partial charge in [0.25, 0.3) is 0 Å². The third-order valence-electron chi connectivity index (χ3n) is 6.10. The summed E-state index contributed by atoms with van der Waals surface area (Å²) in [5.74, 6) is 1.50. The number of nitrogens with one attached hydrogen (secondary N) is 1. The molecule has 0 bridgehead atoms. The van der Waals surface area contributed by atoms with Crippen LogP contribution >= 0.6 is 24.8 Å². The molecule has 1 unspecified atom stereocenters. The summed E-state index contributed by atoms with van der Waals surface area (Å²) in [6.45, 7) is 3.48. The van der Waals surface area contributed by atoms with Crippen molar-refractivity contribution < 1.29 is 9.53 Å². The van der Waals surface area contributed by atoms with Crippen molar-refractivity contribution in [3.8, 4) is 5.75 Å². The highest BCUT2D eigenvalue weighted by molar-refractivity contribution is 5.85. The molecule has 3 N–H and O–H groups in total. The standard InChI is InChI=1S/C21H33N3O2.2ClH/c1-26-18-10-8-16(9-11-18)20(24-12-3-2-4-13-24)15-23-21(25)19-7-5-6-17(19)14-22;;/h8-11,17,19-20H,2-7,12-15,22H2,1H3,(H,23,25);2*1H/t17-,19-,20?;;/m1../s1. The monoisotopic (exact) mass is 431 g/mol. The van der Waals surface area contributed by atoms with Crippen molar-refractivity contribution in [2.75, 3.05) is 33.3 Å². The summed E-state index contributed by atoms with van der Waals surface area (Å²) in [4.78, 5) is 15.2. The van der Waals surface area contributed by atoms with E-state index in [-0.39, 0.29) is 42.7 Å². The molecular weight excluding hydrogens is 397 g/mol. The molecule has 5 nitrogen and oxygen atoms in total. The number of methoxy groups -OCH3 is 1. The van der Waals surface area contributed by atoms with E-state index in [0.29, 0.717) is 19.0 Å². The summed E-state index contributed by atoms with van der Waals surface area (Å²) in [7, 11) is 1.69. The van der Waals surface area contributed by atoms with Crippen molar-refractivity contribution in [2.24, 2.45) is 17.6 Å². The number of carbonyl (C=O) groups excluding carboxylic acids is 1. The summed E-state index contributed by atoms with van der Waals surface area (Å²) in [6.07, 6.45) is 6.95. The molecule has 0 aromatic heterocycles. The van der Waals surface area contributed by atoms with Gasteiger partial charge in [0, 0.05) is 12.5 Å². The number of benzene rings is 1. The number of nitrogens with zero attached hydrogens (tertiary/aromatic N) is 1. The SMILES string of the molecule is COc1ccc(C(CNC(=O)[C@@H]2CCC[C@@H]2CN)N2CCCCC2)cc1.Cl.Cl. The van der Waals surface area contributed by atoms with Gasteiger partial charge in [-0.15, -0.1) is 24.8 Å². The van der Waals surface area contributed by atoms with Crippen molar-refractivity contribution in [2.45, 2.75) is 44.6 Å². The Balaban J connectivity index is 0.00000196. The molecule has 7 heteroatoms. The maximum Gasteiger partial charge on any atom is 0.223 e. The maximum atomic E-state index is 12.7. The Morgan fingerprint density at radius 1 is 1.14 bits per heavy atom. The Morgan fingerprint density at radius 2 is 1.82 bits per heavy atom. The van der Waals surface area contributed by atoms with E-state index in [1.165, 1.54) is 24.8 Å². The van der Waals surface area contributed by atoms with Crippen molar-refractivity contribution in [1.82, 2.24) is 10.2 Å². The summed E-state index contributed by atoms with van der Waals surface area (Å²) >= 11 is 0. The predicted molar refractivity (Wildman–Crippen MR) is 119 cm³/mol. The highest BCUT2D eigenvalue weighted by Crippen LogP contribution is 2.31. The highest BCUT2D eigenvalue weighted by atomic mass is 35.5. The smallest absolute Gasteiger partial charge is 0.223 e. The van der Waals surface area contributed by atoms with Gasteiger partial charge in [-0.25, -0.2) is 0 Å². The summed E-state index contributed by atoms with van der Waals surface area (Å²) in [6, 6.07) is 8.50. The molecule has 1 aliphatic heterocycles. The van der Waals surface area contributed by atoms with Crippen LogP contribution in [0.4, 0.5) is 0 Å². The molecule has 1 saturated carbocycles. The molecule has 2 aliphatic rings. The molecule has 1 saturated heterocycles.